The van der Waals surface area contributed by atoms with Crippen molar-refractivity contribution in [1.82, 2.24) is 4.90 Å². The van der Waals surface area contributed by atoms with E-state index in [1.807, 2.05) is 13.0 Å². The average molecular weight is 156 g/mol. The van der Waals surface area contributed by atoms with Crippen LogP contribution in [-0.2, 0) is 9.53 Å². The maximum Gasteiger partial charge on any atom is 0.319 e. The molecular weight excluding hydrogens is 144 g/mol. The highest BCUT2D eigenvalue weighted by atomic mass is 16.5. The highest BCUT2D eigenvalue weighted by Crippen LogP contribution is 1.86. The molecule has 0 fully saturated rings. The molecule has 4 nitrogen and oxygen atoms in total. The molecule has 0 bridgehead atoms. The van der Waals surface area contributed by atoms with E-state index in [2.05, 4.69) is 4.74 Å². The van der Waals surface area contributed by atoms with Gasteiger partial charge in [0.25, 0.3) is 0 Å². The lowest BCUT2D eigenvalue weighted by Crippen LogP contribution is -2.30. The largest absolute Gasteiger partial charge is 0.468 e. The number of nitrogens with zero attached hydrogens (tertiary/aromatic N) is 2. The fourth-order valence-electron chi connectivity index (χ4n) is 0.627. The summed E-state index contributed by atoms with van der Waals surface area (Å²) in [6.45, 7) is 3.04. The number of nitriles is 1. The van der Waals surface area contributed by atoms with E-state index < -0.39 is 0 Å². The van der Waals surface area contributed by atoms with Crippen LogP contribution >= 0.6 is 0 Å². The van der Waals surface area contributed by atoms with Crippen molar-refractivity contribution in [1.29, 1.82) is 5.26 Å². The Morgan fingerprint density at radius 1 is 1.73 bits per heavy atom. The molecule has 0 amide bonds. The predicted molar refractivity (Wildman–Crippen MR) is 39.7 cm³/mol. The number of ether oxygens (including phenoxy) is 1. The second-order valence-electron chi connectivity index (χ2n) is 2.04. The first kappa shape index (κ1) is 9.92. The van der Waals surface area contributed by atoms with Crippen LogP contribution in [0.3, 0.4) is 0 Å². The molecule has 62 valence electrons. The first-order valence-electron chi connectivity index (χ1n) is 3.40. The molecule has 0 aliphatic heterocycles. The summed E-state index contributed by atoms with van der Waals surface area (Å²) >= 11 is 0. The van der Waals surface area contributed by atoms with Crippen LogP contribution in [0.5, 0.6) is 0 Å². The van der Waals surface area contributed by atoms with Crippen LogP contribution < -0.4 is 0 Å². The van der Waals surface area contributed by atoms with Gasteiger partial charge in [0, 0.05) is 0 Å². The zero-order valence-corrected chi connectivity index (χ0v) is 6.83. The van der Waals surface area contributed by atoms with E-state index in [9.17, 15) is 4.79 Å². The lowest BCUT2D eigenvalue weighted by Gasteiger charge is -2.13. The molecule has 0 aliphatic carbocycles. The summed E-state index contributed by atoms with van der Waals surface area (Å²) in [7, 11) is 1.34. The number of rotatable bonds is 4. The van der Waals surface area contributed by atoms with E-state index in [4.69, 9.17) is 5.26 Å². The van der Waals surface area contributed by atoms with Gasteiger partial charge in [0.2, 0.25) is 0 Å². The minimum atomic E-state index is -0.304. The van der Waals surface area contributed by atoms with Crippen molar-refractivity contribution in [3.63, 3.8) is 0 Å². The molecule has 0 saturated heterocycles. The van der Waals surface area contributed by atoms with Gasteiger partial charge in [-0.25, -0.2) is 0 Å². The minimum absolute atomic E-state index is 0.195. The van der Waals surface area contributed by atoms with Crippen molar-refractivity contribution >= 4 is 5.97 Å². The fraction of sp³-hybridized carbons (Fsp3) is 0.714. The Hall–Kier alpha value is -1.08. The predicted octanol–water partition coefficient (Wildman–Crippen LogP) is 0.00488. The summed E-state index contributed by atoms with van der Waals surface area (Å²) in [5.74, 6) is -0.304. The third-order valence-electron chi connectivity index (χ3n) is 1.32. The van der Waals surface area contributed by atoms with Crippen molar-refractivity contribution in [2.75, 3.05) is 26.7 Å². The normalized spacial score (nSPS) is 9.27. The second kappa shape index (κ2) is 5.69. The van der Waals surface area contributed by atoms with E-state index in [1.165, 1.54) is 7.11 Å². The van der Waals surface area contributed by atoms with Gasteiger partial charge in [-0.2, -0.15) is 5.26 Å². The zero-order valence-electron chi connectivity index (χ0n) is 6.83. The molecule has 0 radical (unpaired) electrons. The Labute approximate surface area is 66.4 Å². The van der Waals surface area contributed by atoms with Crippen molar-refractivity contribution in [2.45, 2.75) is 6.92 Å². The van der Waals surface area contributed by atoms with Crippen molar-refractivity contribution in [3.05, 3.63) is 0 Å². The van der Waals surface area contributed by atoms with E-state index in [1.54, 1.807) is 4.90 Å². The highest BCUT2D eigenvalue weighted by molar-refractivity contribution is 5.71. The fourth-order valence-corrected chi connectivity index (χ4v) is 0.627. The maximum absolute atomic E-state index is 10.7. The van der Waals surface area contributed by atoms with E-state index in [-0.39, 0.29) is 19.1 Å². The van der Waals surface area contributed by atoms with Gasteiger partial charge in [-0.1, -0.05) is 6.92 Å². The minimum Gasteiger partial charge on any atom is -0.468 e. The summed E-state index contributed by atoms with van der Waals surface area (Å²) in [4.78, 5) is 12.4. The number of carbonyl (C=O) groups excluding carboxylic acids is 1. The molecule has 0 unspecified atom stereocenters. The van der Waals surface area contributed by atoms with Gasteiger partial charge >= 0.3 is 5.97 Å². The number of likely N-dealkylation sites (N-methyl/N-ethyl adjacent to an activating group) is 1. The van der Waals surface area contributed by atoms with E-state index in [0.717, 1.165) is 0 Å². The Kier molecular flexibility index (Phi) is 5.13. The first-order valence-corrected chi connectivity index (χ1v) is 3.40. The molecule has 0 rings (SSSR count). The summed E-state index contributed by atoms with van der Waals surface area (Å²) in [6.07, 6.45) is 0. The molecular formula is C7H12N2O2. The van der Waals surface area contributed by atoms with Gasteiger partial charge in [0.05, 0.1) is 26.3 Å². The Morgan fingerprint density at radius 3 is 2.73 bits per heavy atom. The molecule has 0 aromatic rings. The van der Waals surface area contributed by atoms with Crippen LogP contribution in [0.1, 0.15) is 6.92 Å². The lowest BCUT2D eigenvalue weighted by atomic mass is 10.5. The molecule has 0 spiro atoms. The zero-order chi connectivity index (χ0) is 8.69. The van der Waals surface area contributed by atoms with Gasteiger partial charge in [-0.15, -0.1) is 0 Å². The summed E-state index contributed by atoms with van der Waals surface area (Å²) in [5, 5.41) is 8.31. The lowest BCUT2D eigenvalue weighted by molar-refractivity contribution is -0.141. The average Bonchev–Trinajstić information content (AvgIpc) is 2.03. The number of methoxy groups -OCH3 is 1. The molecule has 0 aliphatic rings. The Morgan fingerprint density at radius 2 is 2.36 bits per heavy atom. The maximum atomic E-state index is 10.7. The number of hydrogen-bond donors (Lipinski definition) is 0. The number of hydrogen-bond acceptors (Lipinski definition) is 4. The Balaban J connectivity index is 3.70. The van der Waals surface area contributed by atoms with Crippen LogP contribution in [0.4, 0.5) is 0 Å². The number of esters is 1. The smallest absolute Gasteiger partial charge is 0.319 e. The first-order chi connectivity index (χ1) is 5.24. The summed E-state index contributed by atoms with van der Waals surface area (Å²) in [5.41, 5.74) is 0. The molecule has 0 saturated carbocycles. The van der Waals surface area contributed by atoms with Gasteiger partial charge in [-0.3, -0.25) is 9.69 Å². The quantitative estimate of drug-likeness (QED) is 0.425. The standard InChI is InChI=1S/C7H12N2O2/c1-3-9(5-4-8)6-7(10)11-2/h3,5-6H2,1-2H3. The summed E-state index contributed by atoms with van der Waals surface area (Å²) in [6, 6.07) is 1.97. The highest BCUT2D eigenvalue weighted by Gasteiger charge is 2.06. The third-order valence-corrected chi connectivity index (χ3v) is 1.32. The number of carbonyl (C=O) groups is 1. The molecule has 0 N–H and O–H groups in total. The van der Waals surface area contributed by atoms with Crippen LogP contribution in [0.2, 0.25) is 0 Å². The van der Waals surface area contributed by atoms with Gasteiger partial charge in [0.15, 0.2) is 0 Å². The van der Waals surface area contributed by atoms with Crippen LogP contribution in [0.15, 0.2) is 0 Å². The second-order valence-corrected chi connectivity index (χ2v) is 2.04. The SMILES string of the molecule is CCN(CC#N)CC(=O)OC. The van der Waals surface area contributed by atoms with Crippen LogP contribution in [0.25, 0.3) is 0 Å². The van der Waals surface area contributed by atoms with Gasteiger partial charge < -0.3 is 4.74 Å². The molecule has 0 heterocycles. The molecule has 4 heteroatoms. The van der Waals surface area contributed by atoms with Crippen molar-refractivity contribution in [3.8, 4) is 6.07 Å². The van der Waals surface area contributed by atoms with Crippen LogP contribution in [-0.4, -0.2) is 37.6 Å². The summed E-state index contributed by atoms with van der Waals surface area (Å²) < 4.78 is 4.44. The van der Waals surface area contributed by atoms with Crippen molar-refractivity contribution in [2.24, 2.45) is 0 Å². The molecule has 11 heavy (non-hydrogen) atoms. The van der Waals surface area contributed by atoms with Gasteiger partial charge in [-0.05, 0) is 6.54 Å². The van der Waals surface area contributed by atoms with Gasteiger partial charge in [0.1, 0.15) is 0 Å². The molecule has 0 aromatic heterocycles. The van der Waals surface area contributed by atoms with Crippen molar-refractivity contribution < 1.29 is 9.53 Å². The van der Waals surface area contributed by atoms with Crippen LogP contribution in [0, 0.1) is 11.3 Å². The molecule has 0 aromatic carbocycles. The van der Waals surface area contributed by atoms with E-state index >= 15 is 0 Å². The topological polar surface area (TPSA) is 53.3 Å². The van der Waals surface area contributed by atoms with E-state index in [0.29, 0.717) is 6.54 Å². The third kappa shape index (κ3) is 4.34. The Bertz CT molecular complexity index is 162. The monoisotopic (exact) mass is 156 g/mol. The molecule has 0 atom stereocenters.